The number of anilines is 1. The lowest BCUT2D eigenvalue weighted by Gasteiger charge is -2.39. The van der Waals surface area contributed by atoms with Crippen LogP contribution < -0.4 is 4.90 Å². The van der Waals surface area contributed by atoms with Crippen molar-refractivity contribution in [3.63, 3.8) is 0 Å². The van der Waals surface area contributed by atoms with Gasteiger partial charge in [0.15, 0.2) is 6.29 Å². The zero-order valence-electron chi connectivity index (χ0n) is 15.7. The number of likely N-dealkylation sites (tertiary alicyclic amines) is 1. The molecule has 1 aromatic carbocycles. The van der Waals surface area contributed by atoms with Gasteiger partial charge in [0.05, 0.1) is 16.6 Å². The van der Waals surface area contributed by atoms with E-state index >= 15 is 0 Å². The van der Waals surface area contributed by atoms with Gasteiger partial charge in [-0.05, 0) is 56.1 Å². The number of hydrogen-bond donors (Lipinski definition) is 2. The molecule has 6 nitrogen and oxygen atoms in total. The lowest BCUT2D eigenvalue weighted by Crippen LogP contribution is -2.49. The summed E-state index contributed by atoms with van der Waals surface area (Å²) in [6, 6.07) is 4.56. The SMILES string of the molecule is CN1C(=O)C2(CCN(CC(Cc3cscn3)C(O)O)CC2)c2cc(F)ccc21. The Hall–Kier alpha value is -1.87. The average molecular weight is 405 g/mol. The molecule has 0 saturated carbocycles. The van der Waals surface area contributed by atoms with Crippen molar-refractivity contribution in [3.05, 3.63) is 46.2 Å². The molecule has 2 aliphatic rings. The topological polar surface area (TPSA) is 76.9 Å². The first-order chi connectivity index (χ1) is 13.4. The number of nitrogens with zero attached hydrogens (tertiary/aromatic N) is 3. The fourth-order valence-electron chi connectivity index (χ4n) is 4.53. The van der Waals surface area contributed by atoms with Crippen LogP contribution in [0.1, 0.15) is 24.1 Å². The maximum absolute atomic E-state index is 13.9. The molecule has 8 heteroatoms. The maximum Gasteiger partial charge on any atom is 0.237 e. The predicted octanol–water partition coefficient (Wildman–Crippen LogP) is 1.76. The van der Waals surface area contributed by atoms with Crippen LogP contribution in [0.4, 0.5) is 10.1 Å². The summed E-state index contributed by atoms with van der Waals surface area (Å²) in [5.74, 6) is -0.646. The molecule has 150 valence electrons. The van der Waals surface area contributed by atoms with Crippen molar-refractivity contribution in [2.24, 2.45) is 5.92 Å². The molecular formula is C20H24FN3O3S. The molecule has 0 aliphatic carbocycles. The first-order valence-corrected chi connectivity index (χ1v) is 10.4. The van der Waals surface area contributed by atoms with Crippen molar-refractivity contribution in [2.75, 3.05) is 31.6 Å². The second-order valence-corrected chi connectivity index (χ2v) is 8.48. The number of aliphatic hydroxyl groups is 2. The van der Waals surface area contributed by atoms with Crippen LogP contribution in [0.3, 0.4) is 0 Å². The minimum atomic E-state index is -1.42. The quantitative estimate of drug-likeness (QED) is 0.742. The Balaban J connectivity index is 1.47. The van der Waals surface area contributed by atoms with E-state index in [1.165, 1.54) is 23.5 Å². The van der Waals surface area contributed by atoms with E-state index < -0.39 is 11.7 Å². The number of aliphatic hydroxyl groups excluding tert-OH is 1. The largest absolute Gasteiger partial charge is 0.368 e. The fraction of sp³-hybridized carbons (Fsp3) is 0.500. The van der Waals surface area contributed by atoms with E-state index in [0.717, 1.165) is 16.9 Å². The van der Waals surface area contributed by atoms with Crippen LogP contribution in [0.2, 0.25) is 0 Å². The predicted molar refractivity (Wildman–Crippen MR) is 105 cm³/mol. The van der Waals surface area contributed by atoms with Crippen LogP contribution in [-0.2, 0) is 16.6 Å². The molecule has 1 aromatic heterocycles. The van der Waals surface area contributed by atoms with E-state index in [4.69, 9.17) is 0 Å². The highest BCUT2D eigenvalue weighted by Crippen LogP contribution is 2.47. The summed E-state index contributed by atoms with van der Waals surface area (Å²) in [5, 5.41) is 21.5. The summed E-state index contributed by atoms with van der Waals surface area (Å²) in [5.41, 5.74) is 3.48. The molecule has 2 aromatic rings. The number of thiazole rings is 1. The molecule has 2 aliphatic heterocycles. The number of aromatic nitrogens is 1. The lowest BCUT2D eigenvalue weighted by atomic mass is 9.73. The second kappa shape index (κ2) is 7.51. The Morgan fingerprint density at radius 3 is 2.71 bits per heavy atom. The molecule has 1 amide bonds. The molecule has 1 saturated heterocycles. The Labute approximate surface area is 167 Å². The third kappa shape index (κ3) is 3.34. The van der Waals surface area contributed by atoms with Crippen LogP contribution in [-0.4, -0.2) is 59.0 Å². The maximum atomic E-state index is 13.9. The van der Waals surface area contributed by atoms with Gasteiger partial charge in [-0.15, -0.1) is 11.3 Å². The number of carbonyl (C=O) groups is 1. The van der Waals surface area contributed by atoms with Crippen molar-refractivity contribution in [1.29, 1.82) is 0 Å². The van der Waals surface area contributed by atoms with E-state index in [9.17, 15) is 19.4 Å². The van der Waals surface area contributed by atoms with E-state index in [0.29, 0.717) is 38.9 Å². The van der Waals surface area contributed by atoms with Gasteiger partial charge in [0.25, 0.3) is 0 Å². The number of fused-ring (bicyclic) bond motifs is 2. The second-order valence-electron chi connectivity index (χ2n) is 7.77. The zero-order valence-corrected chi connectivity index (χ0v) is 16.5. The van der Waals surface area contributed by atoms with Crippen LogP contribution in [0, 0.1) is 11.7 Å². The number of benzene rings is 1. The Morgan fingerprint density at radius 2 is 2.07 bits per heavy atom. The van der Waals surface area contributed by atoms with Gasteiger partial charge >= 0.3 is 0 Å². The Bertz CT molecular complexity index is 850. The van der Waals surface area contributed by atoms with Gasteiger partial charge in [0.1, 0.15) is 5.82 Å². The summed E-state index contributed by atoms with van der Waals surface area (Å²) in [7, 11) is 1.74. The molecule has 3 heterocycles. The number of rotatable bonds is 5. The molecule has 1 unspecified atom stereocenters. The monoisotopic (exact) mass is 405 g/mol. The number of amides is 1. The Kier molecular flexibility index (Phi) is 5.22. The van der Waals surface area contributed by atoms with Crippen LogP contribution >= 0.6 is 11.3 Å². The lowest BCUT2D eigenvalue weighted by molar-refractivity contribution is -0.125. The van der Waals surface area contributed by atoms with E-state index in [2.05, 4.69) is 9.88 Å². The molecule has 4 rings (SSSR count). The summed E-state index contributed by atoms with van der Waals surface area (Å²) < 4.78 is 13.9. The van der Waals surface area contributed by atoms with Crippen molar-refractivity contribution in [1.82, 2.24) is 9.88 Å². The number of carbonyl (C=O) groups excluding carboxylic acids is 1. The highest BCUT2D eigenvalue weighted by molar-refractivity contribution is 7.07. The third-order valence-corrected chi connectivity index (χ3v) is 6.76. The van der Waals surface area contributed by atoms with E-state index in [1.54, 1.807) is 23.5 Å². The average Bonchev–Trinajstić information content (AvgIpc) is 3.25. The number of piperidine rings is 1. The first-order valence-electron chi connectivity index (χ1n) is 9.44. The molecular weight excluding hydrogens is 381 g/mol. The molecule has 1 atom stereocenters. The zero-order chi connectivity index (χ0) is 19.9. The minimum Gasteiger partial charge on any atom is -0.368 e. The smallest absolute Gasteiger partial charge is 0.237 e. The van der Waals surface area contributed by atoms with Crippen molar-refractivity contribution >= 4 is 22.9 Å². The number of halogens is 1. The van der Waals surface area contributed by atoms with Gasteiger partial charge in [-0.2, -0.15) is 0 Å². The fourth-order valence-corrected chi connectivity index (χ4v) is 5.10. The van der Waals surface area contributed by atoms with Gasteiger partial charge < -0.3 is 20.0 Å². The van der Waals surface area contributed by atoms with Gasteiger partial charge in [-0.3, -0.25) is 4.79 Å². The molecule has 28 heavy (non-hydrogen) atoms. The van der Waals surface area contributed by atoms with Crippen molar-refractivity contribution in [3.8, 4) is 0 Å². The third-order valence-electron chi connectivity index (χ3n) is 6.13. The van der Waals surface area contributed by atoms with Crippen LogP contribution in [0.15, 0.2) is 29.1 Å². The summed E-state index contributed by atoms with van der Waals surface area (Å²) in [6.07, 6.45) is 0.264. The number of hydrogen-bond acceptors (Lipinski definition) is 6. The van der Waals surface area contributed by atoms with Crippen molar-refractivity contribution < 1.29 is 19.4 Å². The summed E-state index contributed by atoms with van der Waals surface area (Å²) >= 11 is 1.49. The van der Waals surface area contributed by atoms with Gasteiger partial charge in [0, 0.05) is 30.6 Å². The first kappa shape index (κ1) is 19.4. The molecule has 0 bridgehead atoms. The van der Waals surface area contributed by atoms with Crippen LogP contribution in [0.5, 0.6) is 0 Å². The highest BCUT2D eigenvalue weighted by atomic mass is 32.1. The highest BCUT2D eigenvalue weighted by Gasteiger charge is 2.51. The summed E-state index contributed by atoms with van der Waals surface area (Å²) in [6.45, 7) is 1.82. The van der Waals surface area contributed by atoms with Gasteiger partial charge in [-0.1, -0.05) is 0 Å². The molecule has 2 N–H and O–H groups in total. The standard InChI is InChI=1S/C20H24FN3O3S/c1-23-17-3-2-14(21)9-16(17)20(19(23)27)4-6-24(7-5-20)10-13(18(25)26)8-15-11-28-12-22-15/h2-3,9,11-13,18,25-26H,4-8,10H2,1H3. The minimum absolute atomic E-state index is 0.0222. The van der Waals surface area contributed by atoms with E-state index in [1.807, 2.05) is 5.38 Å². The van der Waals surface area contributed by atoms with Crippen molar-refractivity contribution in [2.45, 2.75) is 31.0 Å². The molecule has 1 spiro atoms. The molecule has 0 radical (unpaired) electrons. The number of likely N-dealkylation sites (N-methyl/N-ethyl adjacent to an activating group) is 1. The summed E-state index contributed by atoms with van der Waals surface area (Å²) in [4.78, 5) is 21.0. The Morgan fingerprint density at radius 1 is 1.32 bits per heavy atom. The molecule has 1 fully saturated rings. The van der Waals surface area contributed by atoms with E-state index in [-0.39, 0.29) is 17.6 Å². The normalized spacial score (nSPS) is 20.2. The van der Waals surface area contributed by atoms with Gasteiger partial charge in [0.2, 0.25) is 5.91 Å². The van der Waals surface area contributed by atoms with Gasteiger partial charge in [-0.25, -0.2) is 9.37 Å². The van der Waals surface area contributed by atoms with Crippen LogP contribution in [0.25, 0.3) is 0 Å².